The van der Waals surface area contributed by atoms with Crippen molar-refractivity contribution in [1.29, 1.82) is 0 Å². The van der Waals surface area contributed by atoms with Gasteiger partial charge in [0.25, 0.3) is 0 Å². The van der Waals surface area contributed by atoms with Gasteiger partial charge in [-0.15, -0.1) is 11.3 Å². The van der Waals surface area contributed by atoms with E-state index in [-0.39, 0.29) is 0 Å². The number of hydrogen-bond donors (Lipinski definition) is 2. The van der Waals surface area contributed by atoms with Gasteiger partial charge in [-0.1, -0.05) is 60.2 Å². The lowest BCUT2D eigenvalue weighted by molar-refractivity contribution is 1.23. The first-order valence-electron chi connectivity index (χ1n) is 9.76. The van der Waals surface area contributed by atoms with Crippen LogP contribution in [0.2, 0.25) is 0 Å². The number of aryl methyl sites for hydroxylation is 1. The maximum absolute atomic E-state index is 4.53. The highest BCUT2D eigenvalue weighted by molar-refractivity contribution is 7.22. The lowest BCUT2D eigenvalue weighted by Gasteiger charge is -2.14. The van der Waals surface area contributed by atoms with Crippen LogP contribution in [0.15, 0.2) is 91.3 Å². The summed E-state index contributed by atoms with van der Waals surface area (Å²) in [6.07, 6.45) is 1.61. The van der Waals surface area contributed by atoms with Crippen molar-refractivity contribution in [2.75, 3.05) is 10.6 Å². The molecule has 0 aliphatic carbocycles. The Morgan fingerprint density at radius 3 is 2.20 bits per heavy atom. The van der Waals surface area contributed by atoms with Crippen LogP contribution in [-0.4, -0.2) is 9.97 Å². The average molecular weight is 409 g/mol. The van der Waals surface area contributed by atoms with Gasteiger partial charge in [-0.05, 0) is 42.8 Å². The van der Waals surface area contributed by atoms with Crippen LogP contribution in [0.3, 0.4) is 0 Å². The lowest BCUT2D eigenvalue weighted by atomic mass is 10.2. The Morgan fingerprint density at radius 2 is 1.43 bits per heavy atom. The van der Waals surface area contributed by atoms with Crippen LogP contribution >= 0.6 is 11.3 Å². The Kier molecular flexibility index (Phi) is 4.87. The second-order valence-electron chi connectivity index (χ2n) is 7.07. The van der Waals surface area contributed by atoms with E-state index < -0.39 is 0 Å². The van der Waals surface area contributed by atoms with Gasteiger partial charge in [0.05, 0.1) is 21.6 Å². The molecule has 0 unspecified atom stereocenters. The van der Waals surface area contributed by atoms with Crippen molar-refractivity contribution in [3.63, 3.8) is 0 Å². The van der Waals surface area contributed by atoms with Gasteiger partial charge in [-0.3, -0.25) is 0 Å². The van der Waals surface area contributed by atoms with E-state index >= 15 is 0 Å². The molecule has 0 saturated carbocycles. The molecule has 0 amide bonds. The number of nitrogens with one attached hydrogen (secondary N) is 2. The molecule has 2 heterocycles. The summed E-state index contributed by atoms with van der Waals surface area (Å²) < 4.78 is 1.04. The van der Waals surface area contributed by atoms with Gasteiger partial charge in [-0.2, -0.15) is 0 Å². The number of fused-ring (bicyclic) bond motifs is 1. The Hall–Kier alpha value is -3.70. The molecule has 0 fully saturated rings. The molecule has 5 heteroatoms. The molecule has 0 atom stereocenters. The highest BCUT2D eigenvalue weighted by Gasteiger charge is 2.12. The van der Waals surface area contributed by atoms with E-state index in [0.29, 0.717) is 0 Å². The van der Waals surface area contributed by atoms with Crippen LogP contribution in [0.5, 0.6) is 0 Å². The van der Waals surface area contributed by atoms with Gasteiger partial charge in [0.2, 0.25) is 0 Å². The van der Waals surface area contributed by atoms with Gasteiger partial charge < -0.3 is 10.6 Å². The summed E-state index contributed by atoms with van der Waals surface area (Å²) in [5, 5.41) is 7.01. The summed E-state index contributed by atoms with van der Waals surface area (Å²) in [7, 11) is 0. The zero-order valence-corrected chi connectivity index (χ0v) is 17.3. The molecule has 2 N–H and O–H groups in total. The van der Waals surface area contributed by atoms with Crippen molar-refractivity contribution < 1.29 is 0 Å². The SMILES string of the molecule is Cc1ccc(Nc2ccccc2Nc2ncnc3cc(-c4ccccc4)sc23)cc1. The highest BCUT2D eigenvalue weighted by Crippen LogP contribution is 2.37. The number of aromatic nitrogens is 2. The van der Waals surface area contributed by atoms with E-state index in [1.807, 2.05) is 18.2 Å². The molecular formula is C25H20N4S. The summed E-state index contributed by atoms with van der Waals surface area (Å²) in [5.74, 6) is 0.810. The quantitative estimate of drug-likeness (QED) is 0.324. The van der Waals surface area contributed by atoms with Gasteiger partial charge >= 0.3 is 0 Å². The third kappa shape index (κ3) is 3.75. The molecule has 3 aromatic carbocycles. The zero-order chi connectivity index (χ0) is 20.3. The zero-order valence-electron chi connectivity index (χ0n) is 16.5. The van der Waals surface area contributed by atoms with Crippen LogP contribution in [0, 0.1) is 6.92 Å². The van der Waals surface area contributed by atoms with E-state index in [4.69, 9.17) is 0 Å². The standard InChI is InChI=1S/C25H20N4S/c1-17-11-13-19(14-12-17)28-20-9-5-6-10-21(20)29-25-24-22(26-16-27-25)15-23(30-24)18-7-3-2-4-8-18/h2-16,28H,1H3,(H,26,27,29). The van der Waals surface area contributed by atoms with Crippen molar-refractivity contribution in [1.82, 2.24) is 9.97 Å². The second kappa shape index (κ2) is 7.97. The van der Waals surface area contributed by atoms with Gasteiger partial charge in [0, 0.05) is 10.6 Å². The number of rotatable bonds is 5. The molecule has 0 radical (unpaired) electrons. The molecule has 5 rings (SSSR count). The van der Waals surface area contributed by atoms with Gasteiger partial charge in [0.15, 0.2) is 5.82 Å². The highest BCUT2D eigenvalue weighted by atomic mass is 32.1. The van der Waals surface area contributed by atoms with Crippen LogP contribution in [-0.2, 0) is 0 Å². The number of benzene rings is 3. The molecule has 5 aromatic rings. The van der Waals surface area contributed by atoms with Crippen LogP contribution in [0.4, 0.5) is 22.9 Å². The summed E-state index contributed by atoms with van der Waals surface area (Å²) >= 11 is 1.70. The first-order valence-corrected chi connectivity index (χ1v) is 10.6. The molecule has 0 aliphatic heterocycles. The fourth-order valence-corrected chi connectivity index (χ4v) is 4.37. The van der Waals surface area contributed by atoms with Crippen molar-refractivity contribution in [3.05, 3.63) is 96.8 Å². The smallest absolute Gasteiger partial charge is 0.151 e. The number of para-hydroxylation sites is 2. The Balaban J connectivity index is 1.49. The summed E-state index contributed by atoms with van der Waals surface area (Å²) in [4.78, 5) is 10.2. The normalized spacial score (nSPS) is 10.8. The Bertz CT molecular complexity index is 1290. The first kappa shape index (κ1) is 18.3. The Morgan fingerprint density at radius 1 is 0.733 bits per heavy atom. The van der Waals surface area contributed by atoms with E-state index in [0.717, 1.165) is 33.1 Å². The maximum atomic E-state index is 4.53. The van der Waals surface area contributed by atoms with Crippen molar-refractivity contribution in [3.8, 4) is 10.4 Å². The average Bonchev–Trinajstić information content (AvgIpc) is 3.23. The number of thiophene rings is 1. The van der Waals surface area contributed by atoms with Crippen LogP contribution in [0.1, 0.15) is 5.56 Å². The van der Waals surface area contributed by atoms with E-state index in [1.54, 1.807) is 17.7 Å². The molecule has 4 nitrogen and oxygen atoms in total. The number of nitrogens with zero attached hydrogens (tertiary/aromatic N) is 2. The third-order valence-corrected chi connectivity index (χ3v) is 6.06. The van der Waals surface area contributed by atoms with E-state index in [1.165, 1.54) is 16.0 Å². The minimum atomic E-state index is 0.810. The van der Waals surface area contributed by atoms with Crippen LogP contribution < -0.4 is 10.6 Å². The second-order valence-corrected chi connectivity index (χ2v) is 8.13. The molecule has 0 aliphatic rings. The Labute approximate surface area is 179 Å². The fourth-order valence-electron chi connectivity index (χ4n) is 3.31. The monoisotopic (exact) mass is 408 g/mol. The lowest BCUT2D eigenvalue weighted by Crippen LogP contribution is -1.99. The molecular weight excluding hydrogens is 388 g/mol. The predicted molar refractivity (Wildman–Crippen MR) is 127 cm³/mol. The molecule has 0 saturated heterocycles. The van der Waals surface area contributed by atoms with Crippen molar-refractivity contribution in [2.24, 2.45) is 0 Å². The first-order chi connectivity index (χ1) is 14.8. The largest absolute Gasteiger partial charge is 0.354 e. The number of hydrogen-bond acceptors (Lipinski definition) is 5. The third-order valence-electron chi connectivity index (χ3n) is 4.88. The molecule has 30 heavy (non-hydrogen) atoms. The molecule has 0 spiro atoms. The molecule has 2 aromatic heterocycles. The topological polar surface area (TPSA) is 49.8 Å². The van der Waals surface area contributed by atoms with Crippen molar-refractivity contribution in [2.45, 2.75) is 6.92 Å². The number of anilines is 4. The minimum Gasteiger partial charge on any atom is -0.354 e. The fraction of sp³-hybridized carbons (Fsp3) is 0.0400. The van der Waals surface area contributed by atoms with Gasteiger partial charge in [-0.25, -0.2) is 9.97 Å². The van der Waals surface area contributed by atoms with E-state index in [9.17, 15) is 0 Å². The van der Waals surface area contributed by atoms with E-state index in [2.05, 4.69) is 94.3 Å². The summed E-state index contributed by atoms with van der Waals surface area (Å²) in [6.45, 7) is 2.09. The molecule has 146 valence electrons. The van der Waals surface area contributed by atoms with Crippen LogP contribution in [0.25, 0.3) is 20.7 Å². The molecule has 0 bridgehead atoms. The van der Waals surface area contributed by atoms with Crippen molar-refractivity contribution >= 4 is 44.4 Å². The minimum absolute atomic E-state index is 0.810. The maximum Gasteiger partial charge on any atom is 0.151 e. The van der Waals surface area contributed by atoms with Gasteiger partial charge in [0.1, 0.15) is 6.33 Å². The summed E-state index contributed by atoms with van der Waals surface area (Å²) in [6, 6.07) is 29.0. The summed E-state index contributed by atoms with van der Waals surface area (Å²) in [5.41, 5.74) is 6.38. The predicted octanol–water partition coefficient (Wildman–Crippen LogP) is 7.15.